The summed E-state index contributed by atoms with van der Waals surface area (Å²) in [6, 6.07) is 2.61. The summed E-state index contributed by atoms with van der Waals surface area (Å²) in [6.45, 7) is 0.419. The van der Waals surface area contributed by atoms with E-state index in [-0.39, 0.29) is 12.2 Å². The summed E-state index contributed by atoms with van der Waals surface area (Å²) >= 11 is 0. The van der Waals surface area contributed by atoms with Crippen LogP contribution in [0, 0.1) is 10.1 Å². The Kier molecular flexibility index (Phi) is 6.06. The molecular formula is C11H12ClNO7S. The van der Waals surface area contributed by atoms with E-state index >= 15 is 0 Å². The predicted octanol–water partition coefficient (Wildman–Crippen LogP) is 1.72. The van der Waals surface area contributed by atoms with Crippen LogP contribution < -0.4 is 0 Å². The minimum absolute atomic E-state index is 0.0400. The van der Waals surface area contributed by atoms with Crippen molar-refractivity contribution in [3.63, 3.8) is 0 Å². The average Bonchev–Trinajstić information content (AvgIpc) is 2.41. The molecule has 0 bridgehead atoms. The summed E-state index contributed by atoms with van der Waals surface area (Å²) in [4.78, 5) is 21.1. The van der Waals surface area contributed by atoms with Gasteiger partial charge >= 0.3 is 5.97 Å². The fourth-order valence-electron chi connectivity index (χ4n) is 1.40. The first-order valence-electron chi connectivity index (χ1n) is 5.66. The first-order valence-corrected chi connectivity index (χ1v) is 7.97. The maximum atomic E-state index is 11.7. The molecule has 0 N–H and O–H groups in total. The Balaban J connectivity index is 3.03. The van der Waals surface area contributed by atoms with Gasteiger partial charge in [-0.05, 0) is 6.07 Å². The van der Waals surface area contributed by atoms with E-state index in [1.807, 2.05) is 0 Å². The van der Waals surface area contributed by atoms with Gasteiger partial charge in [0.25, 0.3) is 14.7 Å². The monoisotopic (exact) mass is 337 g/mol. The summed E-state index contributed by atoms with van der Waals surface area (Å²) in [7, 11) is 2.42. The van der Waals surface area contributed by atoms with E-state index in [1.54, 1.807) is 0 Å². The van der Waals surface area contributed by atoms with Crippen molar-refractivity contribution in [2.24, 2.45) is 0 Å². The summed E-state index contributed by atoms with van der Waals surface area (Å²) in [5, 5.41) is 10.8. The van der Waals surface area contributed by atoms with Crippen LogP contribution in [0.1, 0.15) is 16.8 Å². The summed E-state index contributed by atoms with van der Waals surface area (Å²) in [6.07, 6.45) is 0.442. The van der Waals surface area contributed by atoms with Crippen LogP contribution >= 0.6 is 10.7 Å². The first kappa shape index (κ1) is 17.3. The van der Waals surface area contributed by atoms with Gasteiger partial charge in [-0.25, -0.2) is 13.2 Å². The Hall–Kier alpha value is -1.71. The topological polar surface area (TPSA) is 113 Å². The molecule has 1 aromatic rings. The second kappa shape index (κ2) is 7.34. The van der Waals surface area contributed by atoms with Crippen LogP contribution in [0.2, 0.25) is 0 Å². The van der Waals surface area contributed by atoms with E-state index in [0.717, 1.165) is 18.2 Å². The molecular weight excluding hydrogens is 326 g/mol. The maximum absolute atomic E-state index is 11.7. The third-order valence-corrected chi connectivity index (χ3v) is 3.68. The van der Waals surface area contributed by atoms with Crippen molar-refractivity contribution in [2.45, 2.75) is 11.3 Å². The summed E-state index contributed by atoms with van der Waals surface area (Å²) in [5.74, 6) is -0.878. The van der Waals surface area contributed by atoms with E-state index < -0.39 is 30.5 Å². The highest BCUT2D eigenvalue weighted by molar-refractivity contribution is 8.13. The molecule has 116 valence electrons. The van der Waals surface area contributed by atoms with Gasteiger partial charge in [0.2, 0.25) is 0 Å². The fraction of sp³-hybridized carbons (Fsp3) is 0.364. The van der Waals surface area contributed by atoms with Crippen molar-refractivity contribution in [2.75, 3.05) is 20.3 Å². The molecule has 10 heteroatoms. The number of methoxy groups -OCH3 is 1. The maximum Gasteiger partial charge on any atom is 0.338 e. The summed E-state index contributed by atoms with van der Waals surface area (Å²) < 4.78 is 32.1. The first-order chi connectivity index (χ1) is 9.75. The number of hydrogen-bond acceptors (Lipinski definition) is 7. The molecule has 0 unspecified atom stereocenters. The average molecular weight is 338 g/mol. The Bertz CT molecular complexity index is 644. The lowest BCUT2D eigenvalue weighted by Crippen LogP contribution is -2.09. The normalized spacial score (nSPS) is 11.1. The highest BCUT2D eigenvalue weighted by Crippen LogP contribution is 2.24. The number of nitrogens with zero attached hydrogens (tertiary/aromatic N) is 1. The van der Waals surface area contributed by atoms with Crippen LogP contribution in [0.25, 0.3) is 0 Å². The highest BCUT2D eigenvalue weighted by atomic mass is 35.7. The molecule has 1 rings (SSSR count). The van der Waals surface area contributed by atoms with Gasteiger partial charge in [0, 0.05) is 43.0 Å². The number of nitro benzene ring substituents is 1. The molecule has 0 aromatic heterocycles. The highest BCUT2D eigenvalue weighted by Gasteiger charge is 2.21. The zero-order valence-electron chi connectivity index (χ0n) is 10.9. The smallest absolute Gasteiger partial charge is 0.338 e. The lowest BCUT2D eigenvalue weighted by molar-refractivity contribution is -0.385. The minimum atomic E-state index is -4.20. The third-order valence-electron chi connectivity index (χ3n) is 2.35. The Labute approximate surface area is 125 Å². The number of nitro groups is 1. The number of carbonyl (C=O) groups excluding carboxylic acids is 1. The van der Waals surface area contributed by atoms with E-state index in [0.29, 0.717) is 13.0 Å². The van der Waals surface area contributed by atoms with Crippen LogP contribution in [0.4, 0.5) is 5.69 Å². The molecule has 0 amide bonds. The second-order valence-electron chi connectivity index (χ2n) is 3.89. The number of non-ortho nitro benzene ring substituents is 1. The lowest BCUT2D eigenvalue weighted by atomic mass is 10.2. The van der Waals surface area contributed by atoms with E-state index in [9.17, 15) is 23.3 Å². The van der Waals surface area contributed by atoms with Gasteiger partial charge < -0.3 is 9.47 Å². The number of carbonyl (C=O) groups is 1. The molecule has 1 aromatic carbocycles. The number of ether oxygens (including phenoxy) is 2. The van der Waals surface area contributed by atoms with E-state index in [1.165, 1.54) is 7.11 Å². The van der Waals surface area contributed by atoms with E-state index in [2.05, 4.69) is 0 Å². The van der Waals surface area contributed by atoms with Crippen molar-refractivity contribution in [1.82, 2.24) is 0 Å². The van der Waals surface area contributed by atoms with Gasteiger partial charge in [-0.1, -0.05) is 0 Å². The van der Waals surface area contributed by atoms with Gasteiger partial charge in [-0.3, -0.25) is 10.1 Å². The lowest BCUT2D eigenvalue weighted by Gasteiger charge is -2.05. The molecule has 0 heterocycles. The number of esters is 1. The Morgan fingerprint density at radius 2 is 2.00 bits per heavy atom. The number of hydrogen-bond donors (Lipinski definition) is 0. The molecule has 0 spiro atoms. The van der Waals surface area contributed by atoms with Crippen LogP contribution in [0.3, 0.4) is 0 Å². The molecule has 0 aliphatic heterocycles. The van der Waals surface area contributed by atoms with Crippen LogP contribution in [0.5, 0.6) is 0 Å². The van der Waals surface area contributed by atoms with E-state index in [4.69, 9.17) is 20.2 Å². The van der Waals surface area contributed by atoms with Gasteiger partial charge in [0.1, 0.15) is 0 Å². The zero-order valence-corrected chi connectivity index (χ0v) is 12.5. The predicted molar refractivity (Wildman–Crippen MR) is 72.9 cm³/mol. The molecule has 0 saturated carbocycles. The van der Waals surface area contributed by atoms with Crippen molar-refractivity contribution >= 4 is 31.4 Å². The molecule has 0 aliphatic carbocycles. The van der Waals surface area contributed by atoms with Crippen molar-refractivity contribution in [1.29, 1.82) is 0 Å². The standard InChI is InChI=1S/C11H12ClNO7S/c1-19-3-2-4-20-11(14)8-5-9(13(15)16)7-10(6-8)21(12,17)18/h5-7H,2-4H2,1H3. The minimum Gasteiger partial charge on any atom is -0.462 e. The Morgan fingerprint density at radius 1 is 1.33 bits per heavy atom. The van der Waals surface area contributed by atoms with Crippen molar-refractivity contribution in [3.8, 4) is 0 Å². The van der Waals surface area contributed by atoms with Crippen molar-refractivity contribution < 1.29 is 27.6 Å². The van der Waals surface area contributed by atoms with Gasteiger partial charge in [-0.15, -0.1) is 0 Å². The van der Waals surface area contributed by atoms with Crippen LogP contribution in [-0.2, 0) is 18.5 Å². The molecule has 8 nitrogen and oxygen atoms in total. The molecule has 0 aliphatic rings. The largest absolute Gasteiger partial charge is 0.462 e. The van der Waals surface area contributed by atoms with Gasteiger partial charge in [0.15, 0.2) is 0 Å². The van der Waals surface area contributed by atoms with Crippen molar-refractivity contribution in [3.05, 3.63) is 33.9 Å². The SMILES string of the molecule is COCCCOC(=O)c1cc([N+](=O)[O-])cc(S(=O)(=O)Cl)c1. The summed E-state index contributed by atoms with van der Waals surface area (Å²) in [5.41, 5.74) is -0.832. The second-order valence-corrected chi connectivity index (χ2v) is 6.46. The number of rotatable bonds is 7. The third kappa shape index (κ3) is 5.29. The van der Waals surface area contributed by atoms with Gasteiger partial charge in [0.05, 0.1) is 22.0 Å². The van der Waals surface area contributed by atoms with Crippen LogP contribution in [0.15, 0.2) is 23.1 Å². The van der Waals surface area contributed by atoms with Gasteiger partial charge in [-0.2, -0.15) is 0 Å². The zero-order chi connectivity index (χ0) is 16.0. The quantitative estimate of drug-likeness (QED) is 0.245. The molecule has 0 atom stereocenters. The molecule has 21 heavy (non-hydrogen) atoms. The Morgan fingerprint density at radius 3 is 2.52 bits per heavy atom. The molecule has 0 saturated heterocycles. The fourth-order valence-corrected chi connectivity index (χ4v) is 2.20. The number of benzene rings is 1. The number of halogens is 1. The molecule has 0 fully saturated rings. The van der Waals surface area contributed by atoms with Crippen LogP contribution in [-0.4, -0.2) is 39.6 Å². The molecule has 0 radical (unpaired) electrons.